The van der Waals surface area contributed by atoms with Gasteiger partial charge in [0.1, 0.15) is 0 Å². The van der Waals surface area contributed by atoms with E-state index in [-0.39, 0.29) is 6.42 Å². The molecule has 1 aromatic carbocycles. The van der Waals surface area contributed by atoms with Crippen LogP contribution in [0.2, 0.25) is 5.02 Å². The highest BCUT2D eigenvalue weighted by molar-refractivity contribution is 6.30. The Morgan fingerprint density at radius 3 is 2.47 bits per heavy atom. The van der Waals surface area contributed by atoms with E-state index < -0.39 is 12.0 Å². The van der Waals surface area contributed by atoms with Crippen LogP contribution in [-0.4, -0.2) is 11.2 Å². The van der Waals surface area contributed by atoms with Crippen molar-refractivity contribution in [1.82, 2.24) is 0 Å². The van der Waals surface area contributed by atoms with Gasteiger partial charge in [-0.25, -0.2) is 0 Å². The quantitative estimate of drug-likeness (QED) is 0.793. The van der Waals surface area contributed by atoms with Crippen molar-refractivity contribution in [2.75, 3.05) is 0 Å². The number of hydrogen-bond acceptors (Lipinski definition) is 2. The lowest BCUT2D eigenvalue weighted by atomic mass is 9.93. The number of nitriles is 1. The predicted molar refractivity (Wildman–Crippen MR) is 59.3 cm³/mol. The van der Waals surface area contributed by atoms with Crippen LogP contribution < -0.4 is 0 Å². The molecular formula is C12H10ClNO. The lowest BCUT2D eigenvalue weighted by Crippen LogP contribution is -2.16. The molecule has 0 spiro atoms. The summed E-state index contributed by atoms with van der Waals surface area (Å²) < 4.78 is 0. The van der Waals surface area contributed by atoms with Crippen LogP contribution in [0.3, 0.4) is 0 Å². The maximum absolute atomic E-state index is 9.63. The van der Waals surface area contributed by atoms with Gasteiger partial charge in [0.05, 0.1) is 18.1 Å². The molecular weight excluding hydrogens is 210 g/mol. The summed E-state index contributed by atoms with van der Waals surface area (Å²) in [4.78, 5) is 0. The van der Waals surface area contributed by atoms with E-state index in [1.165, 1.54) is 0 Å². The van der Waals surface area contributed by atoms with Gasteiger partial charge in [-0.3, -0.25) is 0 Å². The molecule has 0 amide bonds. The number of hydrogen-bond donors (Lipinski definition) is 1. The highest BCUT2D eigenvalue weighted by Gasteiger charge is 2.19. The second kappa shape index (κ2) is 5.41. The smallest absolute Gasteiger partial charge is 0.0981 e. The van der Waals surface area contributed by atoms with Gasteiger partial charge in [0.25, 0.3) is 0 Å². The van der Waals surface area contributed by atoms with Crippen LogP contribution in [-0.2, 0) is 0 Å². The number of rotatable bonds is 3. The highest BCUT2D eigenvalue weighted by atomic mass is 35.5. The van der Waals surface area contributed by atoms with Gasteiger partial charge in [0.2, 0.25) is 0 Å². The molecule has 0 aliphatic heterocycles. The summed E-state index contributed by atoms with van der Waals surface area (Å²) in [5.74, 6) is 1.74. The molecule has 1 N–H and O–H groups in total. The average molecular weight is 220 g/mol. The van der Waals surface area contributed by atoms with Crippen molar-refractivity contribution in [3.63, 3.8) is 0 Å². The first-order valence-corrected chi connectivity index (χ1v) is 4.83. The second-order valence-electron chi connectivity index (χ2n) is 3.13. The lowest BCUT2D eigenvalue weighted by molar-refractivity contribution is 0.167. The molecule has 0 bridgehead atoms. The summed E-state index contributed by atoms with van der Waals surface area (Å²) in [6.07, 6.45) is 4.42. The first-order chi connectivity index (χ1) is 7.19. The van der Waals surface area contributed by atoms with E-state index in [1.807, 2.05) is 6.07 Å². The molecule has 1 aromatic rings. The molecule has 2 atom stereocenters. The Hall–Kier alpha value is -1.48. The van der Waals surface area contributed by atoms with Gasteiger partial charge in [-0.15, -0.1) is 12.3 Å². The van der Waals surface area contributed by atoms with Crippen LogP contribution in [0.15, 0.2) is 24.3 Å². The van der Waals surface area contributed by atoms with Gasteiger partial charge in [-0.2, -0.15) is 5.26 Å². The zero-order chi connectivity index (χ0) is 11.3. The molecule has 0 heterocycles. The summed E-state index contributed by atoms with van der Waals surface area (Å²) in [6.45, 7) is 0. The number of aliphatic hydroxyl groups is 1. The number of terminal acetylenes is 1. The van der Waals surface area contributed by atoms with Crippen LogP contribution in [0, 0.1) is 23.7 Å². The maximum Gasteiger partial charge on any atom is 0.0981 e. The molecule has 15 heavy (non-hydrogen) atoms. The van der Waals surface area contributed by atoms with Crippen molar-refractivity contribution >= 4 is 11.6 Å². The van der Waals surface area contributed by atoms with Crippen LogP contribution in [0.1, 0.15) is 17.9 Å². The van der Waals surface area contributed by atoms with Crippen molar-refractivity contribution in [2.24, 2.45) is 0 Å². The summed E-state index contributed by atoms with van der Waals surface area (Å²) in [7, 11) is 0. The van der Waals surface area contributed by atoms with E-state index >= 15 is 0 Å². The van der Waals surface area contributed by atoms with Crippen LogP contribution in [0.25, 0.3) is 0 Å². The molecule has 2 unspecified atom stereocenters. The SMILES string of the molecule is C#CCC(O)C(C#N)c1ccc(Cl)cc1. The van der Waals surface area contributed by atoms with E-state index in [4.69, 9.17) is 23.3 Å². The standard InChI is InChI=1S/C12H10ClNO/c1-2-3-12(15)11(8-14)9-4-6-10(13)7-5-9/h1,4-7,11-12,15H,3H2. The molecule has 2 nitrogen and oxygen atoms in total. The zero-order valence-electron chi connectivity index (χ0n) is 8.02. The van der Waals surface area contributed by atoms with Crippen molar-refractivity contribution in [2.45, 2.75) is 18.4 Å². The Morgan fingerprint density at radius 1 is 1.40 bits per heavy atom. The third-order valence-corrected chi connectivity index (χ3v) is 2.33. The molecule has 0 aliphatic carbocycles. The Balaban J connectivity index is 2.89. The fourth-order valence-electron chi connectivity index (χ4n) is 1.29. The van der Waals surface area contributed by atoms with Crippen molar-refractivity contribution < 1.29 is 5.11 Å². The number of halogens is 1. The average Bonchev–Trinajstić information content (AvgIpc) is 2.22. The molecule has 0 radical (unpaired) electrons. The van der Waals surface area contributed by atoms with Crippen molar-refractivity contribution in [3.05, 3.63) is 34.9 Å². The van der Waals surface area contributed by atoms with Crippen LogP contribution in [0.5, 0.6) is 0 Å². The monoisotopic (exact) mass is 219 g/mol. The van der Waals surface area contributed by atoms with Gasteiger partial charge < -0.3 is 5.11 Å². The summed E-state index contributed by atoms with van der Waals surface area (Å²) >= 11 is 5.72. The second-order valence-corrected chi connectivity index (χ2v) is 3.57. The minimum atomic E-state index is -0.832. The Morgan fingerprint density at radius 2 is 2.00 bits per heavy atom. The first kappa shape index (κ1) is 11.6. The first-order valence-electron chi connectivity index (χ1n) is 4.45. The van der Waals surface area contributed by atoms with Gasteiger partial charge in [0.15, 0.2) is 0 Å². The predicted octanol–water partition coefficient (Wildman–Crippen LogP) is 2.33. The van der Waals surface area contributed by atoms with E-state index in [0.717, 1.165) is 5.56 Å². The molecule has 0 fully saturated rings. The Kier molecular flexibility index (Phi) is 4.18. The minimum Gasteiger partial charge on any atom is -0.390 e. The number of aliphatic hydroxyl groups excluding tert-OH is 1. The van der Waals surface area contributed by atoms with E-state index in [9.17, 15) is 5.11 Å². The third kappa shape index (κ3) is 2.99. The molecule has 76 valence electrons. The number of benzene rings is 1. The largest absolute Gasteiger partial charge is 0.390 e. The van der Waals surface area contributed by atoms with Crippen LogP contribution in [0.4, 0.5) is 0 Å². The van der Waals surface area contributed by atoms with E-state index in [2.05, 4.69) is 5.92 Å². The normalized spacial score (nSPS) is 13.6. The fourth-order valence-corrected chi connectivity index (χ4v) is 1.42. The number of nitrogens with zero attached hydrogens (tertiary/aromatic N) is 1. The van der Waals surface area contributed by atoms with E-state index in [1.54, 1.807) is 24.3 Å². The summed E-state index contributed by atoms with van der Waals surface area (Å²) in [5, 5.41) is 19.2. The molecule has 1 rings (SSSR count). The minimum absolute atomic E-state index is 0.168. The van der Waals surface area contributed by atoms with Crippen LogP contribution >= 0.6 is 11.6 Å². The highest BCUT2D eigenvalue weighted by Crippen LogP contribution is 2.22. The van der Waals surface area contributed by atoms with Crippen molar-refractivity contribution in [3.8, 4) is 18.4 Å². The third-order valence-electron chi connectivity index (χ3n) is 2.08. The molecule has 0 aliphatic rings. The van der Waals surface area contributed by atoms with Gasteiger partial charge in [-0.05, 0) is 17.7 Å². The Labute approximate surface area is 94.1 Å². The van der Waals surface area contributed by atoms with Gasteiger partial charge in [0, 0.05) is 11.4 Å². The van der Waals surface area contributed by atoms with Gasteiger partial charge >= 0.3 is 0 Å². The lowest BCUT2D eigenvalue weighted by Gasteiger charge is -2.14. The Bertz CT molecular complexity index is 399. The molecule has 0 saturated carbocycles. The maximum atomic E-state index is 9.63. The fraction of sp³-hybridized carbons (Fsp3) is 0.250. The van der Waals surface area contributed by atoms with E-state index in [0.29, 0.717) is 5.02 Å². The van der Waals surface area contributed by atoms with Crippen molar-refractivity contribution in [1.29, 1.82) is 5.26 Å². The summed E-state index contributed by atoms with van der Waals surface area (Å²) in [5.41, 5.74) is 0.727. The van der Waals surface area contributed by atoms with Gasteiger partial charge in [-0.1, -0.05) is 23.7 Å². The molecule has 0 saturated heterocycles. The molecule has 3 heteroatoms. The zero-order valence-corrected chi connectivity index (χ0v) is 8.78. The molecule has 0 aromatic heterocycles. The topological polar surface area (TPSA) is 44.0 Å². The summed E-state index contributed by atoms with van der Waals surface area (Å²) in [6, 6.07) is 8.84.